The zero-order valence-corrected chi connectivity index (χ0v) is 12.3. The number of nitrogens with one attached hydrogen (secondary N) is 1. The SMILES string of the molecule is S=c1n(Cc2ccccc2)ccn1C[NH+]1CCOCC1. The summed E-state index contributed by atoms with van der Waals surface area (Å²) in [5.74, 6) is 0. The zero-order chi connectivity index (χ0) is 13.8. The van der Waals surface area contributed by atoms with Crippen LogP contribution in [0.25, 0.3) is 0 Å². The Bertz CT molecular complexity index is 599. The second-order valence-corrected chi connectivity index (χ2v) is 5.55. The molecule has 1 N–H and O–H groups in total. The van der Waals surface area contributed by atoms with Crippen molar-refractivity contribution >= 4 is 12.2 Å². The average Bonchev–Trinajstić information content (AvgIpc) is 2.83. The zero-order valence-electron chi connectivity index (χ0n) is 11.5. The number of ether oxygens (including phenoxy) is 1. The van der Waals surface area contributed by atoms with E-state index in [1.165, 1.54) is 10.5 Å². The molecule has 0 spiro atoms. The highest BCUT2D eigenvalue weighted by atomic mass is 32.1. The molecular weight excluding hydrogens is 270 g/mol. The van der Waals surface area contributed by atoms with Crippen LogP contribution in [0.3, 0.4) is 0 Å². The summed E-state index contributed by atoms with van der Waals surface area (Å²) in [4.78, 5) is 1.53. The van der Waals surface area contributed by atoms with Gasteiger partial charge in [-0.3, -0.25) is 4.57 Å². The molecule has 1 saturated heterocycles. The standard InChI is InChI=1S/C15H19N3OS/c20-15-17(12-14-4-2-1-3-5-14)6-7-18(15)13-16-8-10-19-11-9-16/h1-7H,8-13H2/p+1. The molecule has 0 amide bonds. The van der Waals surface area contributed by atoms with E-state index in [-0.39, 0.29) is 0 Å². The Morgan fingerprint density at radius 3 is 2.50 bits per heavy atom. The predicted molar refractivity (Wildman–Crippen MR) is 80.3 cm³/mol. The summed E-state index contributed by atoms with van der Waals surface area (Å²) in [7, 11) is 0. The first-order valence-corrected chi connectivity index (χ1v) is 7.44. The molecule has 0 radical (unpaired) electrons. The van der Waals surface area contributed by atoms with Crippen LogP contribution in [0.2, 0.25) is 0 Å². The smallest absolute Gasteiger partial charge is 0.184 e. The fourth-order valence-electron chi connectivity index (χ4n) is 2.53. The van der Waals surface area contributed by atoms with Gasteiger partial charge in [-0.05, 0) is 17.8 Å². The van der Waals surface area contributed by atoms with Crippen LogP contribution in [0.5, 0.6) is 0 Å². The van der Waals surface area contributed by atoms with Gasteiger partial charge in [0.25, 0.3) is 0 Å². The topological polar surface area (TPSA) is 23.5 Å². The number of imidazole rings is 1. The van der Waals surface area contributed by atoms with Gasteiger partial charge in [-0.25, -0.2) is 0 Å². The van der Waals surface area contributed by atoms with Crippen molar-refractivity contribution in [3.63, 3.8) is 0 Å². The van der Waals surface area contributed by atoms with E-state index in [0.717, 1.165) is 44.3 Å². The lowest BCUT2D eigenvalue weighted by Gasteiger charge is -2.23. The number of hydrogen-bond acceptors (Lipinski definition) is 2. The Hall–Kier alpha value is -1.43. The lowest BCUT2D eigenvalue weighted by atomic mass is 10.2. The molecule has 1 aromatic carbocycles. The van der Waals surface area contributed by atoms with Gasteiger partial charge in [0.1, 0.15) is 13.1 Å². The lowest BCUT2D eigenvalue weighted by Crippen LogP contribution is -3.13. The molecule has 1 aliphatic heterocycles. The predicted octanol–water partition coefficient (Wildman–Crippen LogP) is 0.940. The molecule has 0 saturated carbocycles. The van der Waals surface area contributed by atoms with E-state index in [4.69, 9.17) is 17.0 Å². The van der Waals surface area contributed by atoms with Crippen molar-refractivity contribution in [2.75, 3.05) is 26.3 Å². The molecule has 2 aromatic rings. The maximum atomic E-state index is 5.57. The molecule has 1 fully saturated rings. The van der Waals surface area contributed by atoms with E-state index in [1.807, 2.05) is 6.07 Å². The Labute approximate surface area is 124 Å². The van der Waals surface area contributed by atoms with Crippen molar-refractivity contribution in [1.29, 1.82) is 0 Å². The molecule has 1 aliphatic rings. The molecule has 4 nitrogen and oxygen atoms in total. The summed E-state index contributed by atoms with van der Waals surface area (Å²) in [6.45, 7) is 5.60. The largest absolute Gasteiger partial charge is 0.370 e. The summed E-state index contributed by atoms with van der Waals surface area (Å²) < 4.78 is 10.6. The van der Waals surface area contributed by atoms with Gasteiger partial charge in [-0.2, -0.15) is 0 Å². The summed E-state index contributed by atoms with van der Waals surface area (Å²) in [6, 6.07) is 10.4. The first-order chi connectivity index (χ1) is 9.83. The van der Waals surface area contributed by atoms with Crippen LogP contribution in [-0.2, 0) is 18.0 Å². The molecule has 1 aromatic heterocycles. The van der Waals surface area contributed by atoms with Crippen molar-refractivity contribution in [2.24, 2.45) is 0 Å². The number of morpholine rings is 1. The van der Waals surface area contributed by atoms with Gasteiger partial charge in [0.15, 0.2) is 11.4 Å². The minimum absolute atomic E-state index is 0.838. The maximum Gasteiger partial charge on any atom is 0.184 e. The van der Waals surface area contributed by atoms with Crippen LogP contribution in [-0.4, -0.2) is 35.4 Å². The quantitative estimate of drug-likeness (QED) is 0.847. The molecule has 5 heteroatoms. The Kier molecular flexibility index (Phi) is 4.30. The third kappa shape index (κ3) is 3.17. The van der Waals surface area contributed by atoms with E-state index in [9.17, 15) is 0 Å². The molecular formula is C15H20N3OS+. The highest BCUT2D eigenvalue weighted by Crippen LogP contribution is 2.04. The summed E-state index contributed by atoms with van der Waals surface area (Å²) in [5.41, 5.74) is 1.28. The number of aromatic nitrogens is 2. The highest BCUT2D eigenvalue weighted by Gasteiger charge is 2.14. The molecule has 0 atom stereocenters. The van der Waals surface area contributed by atoms with Crippen molar-refractivity contribution in [2.45, 2.75) is 13.2 Å². The highest BCUT2D eigenvalue weighted by molar-refractivity contribution is 7.71. The van der Waals surface area contributed by atoms with Crippen LogP contribution in [0.4, 0.5) is 0 Å². The van der Waals surface area contributed by atoms with Crippen molar-refractivity contribution in [3.05, 3.63) is 53.1 Å². The lowest BCUT2D eigenvalue weighted by molar-refractivity contribution is -0.930. The Morgan fingerprint density at radius 2 is 1.75 bits per heavy atom. The van der Waals surface area contributed by atoms with E-state index in [1.54, 1.807) is 0 Å². The number of quaternary nitrogens is 1. The van der Waals surface area contributed by atoms with Gasteiger partial charge in [-0.1, -0.05) is 30.3 Å². The van der Waals surface area contributed by atoms with E-state index < -0.39 is 0 Å². The first-order valence-electron chi connectivity index (χ1n) is 7.04. The van der Waals surface area contributed by atoms with Gasteiger partial charge in [0.05, 0.1) is 13.2 Å². The molecule has 20 heavy (non-hydrogen) atoms. The van der Waals surface area contributed by atoms with Gasteiger partial charge >= 0.3 is 0 Å². The van der Waals surface area contributed by atoms with E-state index in [2.05, 4.69) is 45.8 Å². The summed E-state index contributed by atoms with van der Waals surface area (Å²) >= 11 is 5.57. The molecule has 0 unspecified atom stereocenters. The Balaban J connectivity index is 1.70. The van der Waals surface area contributed by atoms with E-state index in [0.29, 0.717) is 0 Å². The number of hydrogen-bond donors (Lipinski definition) is 1. The van der Waals surface area contributed by atoms with Crippen molar-refractivity contribution in [3.8, 4) is 0 Å². The maximum absolute atomic E-state index is 5.57. The fraction of sp³-hybridized carbons (Fsp3) is 0.400. The van der Waals surface area contributed by atoms with Gasteiger partial charge < -0.3 is 14.2 Å². The van der Waals surface area contributed by atoms with Gasteiger partial charge in [-0.15, -0.1) is 0 Å². The minimum atomic E-state index is 0.838. The number of nitrogens with zero attached hydrogens (tertiary/aromatic N) is 2. The van der Waals surface area contributed by atoms with E-state index >= 15 is 0 Å². The Morgan fingerprint density at radius 1 is 1.05 bits per heavy atom. The van der Waals surface area contributed by atoms with Crippen LogP contribution >= 0.6 is 12.2 Å². The molecule has 2 heterocycles. The average molecular weight is 290 g/mol. The molecule has 106 valence electrons. The summed E-state index contributed by atoms with van der Waals surface area (Å²) in [5, 5.41) is 0. The second kappa shape index (κ2) is 6.35. The normalized spacial score (nSPS) is 16.4. The number of rotatable bonds is 4. The van der Waals surface area contributed by atoms with Crippen LogP contribution < -0.4 is 4.90 Å². The second-order valence-electron chi connectivity index (χ2n) is 5.18. The van der Waals surface area contributed by atoms with Crippen molar-refractivity contribution < 1.29 is 9.64 Å². The van der Waals surface area contributed by atoms with Crippen LogP contribution in [0.1, 0.15) is 5.56 Å². The van der Waals surface area contributed by atoms with Crippen LogP contribution in [0, 0.1) is 4.77 Å². The number of benzene rings is 1. The monoisotopic (exact) mass is 290 g/mol. The fourth-order valence-corrected chi connectivity index (χ4v) is 2.78. The third-order valence-corrected chi connectivity index (χ3v) is 4.18. The first kappa shape index (κ1) is 13.5. The van der Waals surface area contributed by atoms with Crippen molar-refractivity contribution in [1.82, 2.24) is 9.13 Å². The summed E-state index contributed by atoms with van der Waals surface area (Å²) in [6.07, 6.45) is 4.17. The van der Waals surface area contributed by atoms with Crippen LogP contribution in [0.15, 0.2) is 42.7 Å². The minimum Gasteiger partial charge on any atom is -0.370 e. The molecule has 0 bridgehead atoms. The van der Waals surface area contributed by atoms with Gasteiger partial charge in [0, 0.05) is 18.9 Å². The molecule has 3 rings (SSSR count). The molecule has 0 aliphatic carbocycles. The van der Waals surface area contributed by atoms with Gasteiger partial charge in [0.2, 0.25) is 0 Å². The third-order valence-electron chi connectivity index (χ3n) is 3.71.